The minimum Gasteiger partial charge on any atom is -0.455 e. The smallest absolute Gasteiger partial charge is 0.143 e. The molecule has 0 radical (unpaired) electrons. The van der Waals surface area contributed by atoms with Gasteiger partial charge in [0.25, 0.3) is 0 Å². The van der Waals surface area contributed by atoms with E-state index < -0.39 is 0 Å². The third kappa shape index (κ3) is 2.01. The van der Waals surface area contributed by atoms with Crippen LogP contribution in [0.4, 0.5) is 0 Å². The van der Waals surface area contributed by atoms with Crippen molar-refractivity contribution in [1.29, 1.82) is 0 Å². The van der Waals surface area contributed by atoms with Crippen molar-refractivity contribution in [3.8, 4) is 11.1 Å². The minimum absolute atomic E-state index is 0.520. The van der Waals surface area contributed by atoms with E-state index in [0.717, 1.165) is 16.7 Å². The molecule has 0 saturated heterocycles. The van der Waals surface area contributed by atoms with Crippen LogP contribution in [-0.2, 0) is 0 Å². The molecule has 4 rings (SSSR count). The third-order valence-corrected chi connectivity index (χ3v) is 4.27. The van der Waals surface area contributed by atoms with Crippen molar-refractivity contribution in [1.82, 2.24) is 0 Å². The van der Waals surface area contributed by atoms with Crippen molar-refractivity contribution < 1.29 is 4.42 Å². The Morgan fingerprint density at radius 2 is 1.59 bits per heavy atom. The number of hydrogen-bond acceptors (Lipinski definition) is 1. The molecule has 0 bridgehead atoms. The molecule has 0 aliphatic heterocycles. The molecular weight excluding hydrogens is 268 g/mol. The van der Waals surface area contributed by atoms with E-state index in [4.69, 9.17) is 4.42 Å². The first-order valence-corrected chi connectivity index (χ1v) is 7.74. The fourth-order valence-electron chi connectivity index (χ4n) is 3.02. The van der Waals surface area contributed by atoms with Gasteiger partial charge in [0.05, 0.1) is 0 Å². The molecule has 1 nitrogen and oxygen atoms in total. The molecule has 0 N–H and O–H groups in total. The highest BCUT2D eigenvalue weighted by molar-refractivity contribution is 6.09. The first-order valence-electron chi connectivity index (χ1n) is 7.74. The topological polar surface area (TPSA) is 13.1 Å². The molecule has 0 unspecified atom stereocenters. The van der Waals surface area contributed by atoms with E-state index in [-0.39, 0.29) is 0 Å². The van der Waals surface area contributed by atoms with Crippen molar-refractivity contribution in [2.75, 3.05) is 0 Å². The number of fused-ring (bicyclic) bond motifs is 3. The first-order chi connectivity index (χ1) is 10.7. The molecule has 0 aliphatic rings. The van der Waals surface area contributed by atoms with Gasteiger partial charge in [-0.25, -0.2) is 0 Å². The molecular formula is C21H18O. The van der Waals surface area contributed by atoms with Gasteiger partial charge < -0.3 is 4.42 Å². The Labute approximate surface area is 130 Å². The van der Waals surface area contributed by atoms with Gasteiger partial charge in [0, 0.05) is 16.3 Å². The molecule has 0 spiro atoms. The van der Waals surface area contributed by atoms with E-state index >= 15 is 0 Å². The van der Waals surface area contributed by atoms with E-state index in [0.29, 0.717) is 5.92 Å². The zero-order chi connectivity index (χ0) is 15.1. The Hall–Kier alpha value is -2.54. The van der Waals surface area contributed by atoms with Crippen molar-refractivity contribution in [2.24, 2.45) is 0 Å². The lowest BCUT2D eigenvalue weighted by Crippen LogP contribution is -1.85. The Kier molecular flexibility index (Phi) is 3.00. The normalized spacial score (nSPS) is 11.6. The van der Waals surface area contributed by atoms with Crippen LogP contribution in [0.25, 0.3) is 33.1 Å². The van der Waals surface area contributed by atoms with Gasteiger partial charge in [0.2, 0.25) is 0 Å². The lowest BCUT2D eigenvalue weighted by molar-refractivity contribution is 0.669. The molecule has 4 aromatic rings. The zero-order valence-corrected chi connectivity index (χ0v) is 12.8. The number of furan rings is 1. The highest BCUT2D eigenvalue weighted by Crippen LogP contribution is 2.36. The predicted octanol–water partition coefficient (Wildman–Crippen LogP) is 6.38. The zero-order valence-electron chi connectivity index (χ0n) is 12.8. The fourth-order valence-corrected chi connectivity index (χ4v) is 3.02. The van der Waals surface area contributed by atoms with Gasteiger partial charge in [0.15, 0.2) is 0 Å². The quantitative estimate of drug-likeness (QED) is 0.417. The minimum atomic E-state index is 0.520. The number of hydrogen-bond donors (Lipinski definition) is 0. The van der Waals surface area contributed by atoms with Crippen LogP contribution in [0.1, 0.15) is 25.3 Å². The van der Waals surface area contributed by atoms with Crippen LogP contribution in [0.5, 0.6) is 0 Å². The fraction of sp³-hybridized carbons (Fsp3) is 0.143. The van der Waals surface area contributed by atoms with E-state index in [1.165, 1.54) is 21.9 Å². The van der Waals surface area contributed by atoms with Gasteiger partial charge in [-0.3, -0.25) is 0 Å². The van der Waals surface area contributed by atoms with E-state index in [9.17, 15) is 0 Å². The maximum Gasteiger partial charge on any atom is 0.143 e. The SMILES string of the molecule is CC(C)c1ccc2oc3c(-c4ccccc4)cccc3c2c1. The van der Waals surface area contributed by atoms with Crippen LogP contribution in [-0.4, -0.2) is 0 Å². The molecule has 0 atom stereocenters. The van der Waals surface area contributed by atoms with Crippen LogP contribution in [0.2, 0.25) is 0 Å². The van der Waals surface area contributed by atoms with Gasteiger partial charge in [-0.1, -0.05) is 68.4 Å². The summed E-state index contributed by atoms with van der Waals surface area (Å²) in [6.07, 6.45) is 0. The molecule has 22 heavy (non-hydrogen) atoms. The van der Waals surface area contributed by atoms with Crippen LogP contribution < -0.4 is 0 Å². The average Bonchev–Trinajstić information content (AvgIpc) is 2.93. The van der Waals surface area contributed by atoms with Gasteiger partial charge >= 0.3 is 0 Å². The van der Waals surface area contributed by atoms with Gasteiger partial charge in [-0.05, 0) is 29.2 Å². The van der Waals surface area contributed by atoms with Gasteiger partial charge in [0.1, 0.15) is 11.2 Å². The van der Waals surface area contributed by atoms with Crippen LogP contribution in [0, 0.1) is 0 Å². The summed E-state index contributed by atoms with van der Waals surface area (Å²) in [5, 5.41) is 2.40. The maximum absolute atomic E-state index is 6.17. The molecule has 1 heterocycles. The summed E-state index contributed by atoms with van der Waals surface area (Å²) in [6, 6.07) is 23.3. The molecule has 0 aliphatic carbocycles. The lowest BCUT2D eigenvalue weighted by atomic mass is 9.99. The molecule has 0 fully saturated rings. The number of para-hydroxylation sites is 1. The second-order valence-corrected chi connectivity index (χ2v) is 6.06. The van der Waals surface area contributed by atoms with Crippen molar-refractivity contribution in [3.05, 3.63) is 72.3 Å². The third-order valence-electron chi connectivity index (χ3n) is 4.27. The summed E-state index contributed by atoms with van der Waals surface area (Å²) in [4.78, 5) is 0. The molecule has 0 saturated carbocycles. The molecule has 1 heteroatoms. The highest BCUT2D eigenvalue weighted by atomic mass is 16.3. The van der Waals surface area contributed by atoms with Crippen LogP contribution >= 0.6 is 0 Å². The van der Waals surface area contributed by atoms with Gasteiger partial charge in [-0.2, -0.15) is 0 Å². The highest BCUT2D eigenvalue weighted by Gasteiger charge is 2.12. The summed E-state index contributed by atoms with van der Waals surface area (Å²) in [5.74, 6) is 0.520. The first kappa shape index (κ1) is 13.1. The molecule has 108 valence electrons. The summed E-state index contributed by atoms with van der Waals surface area (Å²) >= 11 is 0. The summed E-state index contributed by atoms with van der Waals surface area (Å²) in [5.41, 5.74) is 5.63. The lowest BCUT2D eigenvalue weighted by Gasteiger charge is -2.04. The van der Waals surface area contributed by atoms with Crippen molar-refractivity contribution >= 4 is 21.9 Å². The van der Waals surface area contributed by atoms with E-state index in [1.54, 1.807) is 0 Å². The second-order valence-electron chi connectivity index (χ2n) is 6.06. The number of rotatable bonds is 2. The van der Waals surface area contributed by atoms with Crippen LogP contribution in [0.3, 0.4) is 0 Å². The summed E-state index contributed by atoms with van der Waals surface area (Å²) in [6.45, 7) is 4.44. The van der Waals surface area contributed by atoms with E-state index in [2.05, 4.69) is 74.5 Å². The summed E-state index contributed by atoms with van der Waals surface area (Å²) < 4.78 is 6.17. The molecule has 1 aromatic heterocycles. The van der Waals surface area contributed by atoms with Crippen molar-refractivity contribution in [2.45, 2.75) is 19.8 Å². The summed E-state index contributed by atoms with van der Waals surface area (Å²) in [7, 11) is 0. The van der Waals surface area contributed by atoms with Crippen LogP contribution in [0.15, 0.2) is 71.1 Å². The number of benzene rings is 3. The Balaban J connectivity index is 2.04. The Morgan fingerprint density at radius 3 is 2.36 bits per heavy atom. The van der Waals surface area contributed by atoms with Gasteiger partial charge in [-0.15, -0.1) is 0 Å². The molecule has 0 amide bonds. The molecule has 3 aromatic carbocycles. The average molecular weight is 286 g/mol. The van der Waals surface area contributed by atoms with Crippen molar-refractivity contribution in [3.63, 3.8) is 0 Å². The Bertz CT molecular complexity index is 946. The maximum atomic E-state index is 6.17. The standard InChI is InChI=1S/C21H18O/c1-14(2)16-11-12-20-19(13-16)18-10-6-9-17(21(18)22-20)15-7-4-3-5-8-15/h3-14H,1-2H3. The predicted molar refractivity (Wildman–Crippen MR) is 93.2 cm³/mol. The second kappa shape index (κ2) is 5.03. The largest absolute Gasteiger partial charge is 0.455 e. The van der Waals surface area contributed by atoms with E-state index in [1.807, 2.05) is 6.07 Å². The monoisotopic (exact) mass is 286 g/mol. The Morgan fingerprint density at radius 1 is 0.773 bits per heavy atom.